The molecule has 6 nitrogen and oxygen atoms in total. The second kappa shape index (κ2) is 6.80. The number of carbonyl (C=O) groups is 2. The van der Waals surface area contributed by atoms with Gasteiger partial charge in [0.1, 0.15) is 17.1 Å². The highest BCUT2D eigenvalue weighted by molar-refractivity contribution is 5.98. The van der Waals surface area contributed by atoms with Gasteiger partial charge < -0.3 is 19.2 Å². The molecule has 0 spiro atoms. The maximum atomic E-state index is 12.1. The predicted molar refractivity (Wildman–Crippen MR) is 79.9 cm³/mol. The van der Waals surface area contributed by atoms with Crippen molar-refractivity contribution in [2.45, 2.75) is 20.0 Å². The van der Waals surface area contributed by atoms with E-state index in [0.29, 0.717) is 22.8 Å². The van der Waals surface area contributed by atoms with E-state index in [-0.39, 0.29) is 0 Å². The lowest BCUT2D eigenvalue weighted by atomic mass is 10.2. The number of benzene rings is 1. The van der Waals surface area contributed by atoms with E-state index in [1.807, 2.05) is 0 Å². The van der Waals surface area contributed by atoms with Crippen LogP contribution in [0.5, 0.6) is 5.75 Å². The molecule has 0 aliphatic carbocycles. The van der Waals surface area contributed by atoms with Crippen molar-refractivity contribution in [2.75, 3.05) is 12.4 Å². The average Bonchev–Trinajstić information content (AvgIpc) is 2.93. The van der Waals surface area contributed by atoms with Crippen LogP contribution in [0.3, 0.4) is 0 Å². The highest BCUT2D eigenvalue weighted by atomic mass is 16.5. The van der Waals surface area contributed by atoms with Crippen molar-refractivity contribution in [3.8, 4) is 5.75 Å². The minimum Gasteiger partial charge on any atom is -0.495 e. The summed E-state index contributed by atoms with van der Waals surface area (Å²) in [4.78, 5) is 24.0. The molecule has 116 valence electrons. The van der Waals surface area contributed by atoms with Gasteiger partial charge in [-0.15, -0.1) is 0 Å². The molecule has 2 rings (SSSR count). The lowest BCUT2D eigenvalue weighted by molar-refractivity contribution is -0.123. The quantitative estimate of drug-likeness (QED) is 0.859. The average molecular weight is 303 g/mol. The van der Waals surface area contributed by atoms with Crippen molar-refractivity contribution in [1.29, 1.82) is 0 Å². The smallest absolute Gasteiger partial charge is 0.342 e. The van der Waals surface area contributed by atoms with Gasteiger partial charge >= 0.3 is 5.97 Å². The Hall–Kier alpha value is -2.76. The molecule has 1 aromatic carbocycles. The van der Waals surface area contributed by atoms with Gasteiger partial charge in [-0.3, -0.25) is 4.79 Å². The van der Waals surface area contributed by atoms with Crippen LogP contribution in [0.2, 0.25) is 0 Å². The van der Waals surface area contributed by atoms with Gasteiger partial charge in [0.15, 0.2) is 6.10 Å². The Morgan fingerprint density at radius 2 is 1.95 bits per heavy atom. The first-order valence-corrected chi connectivity index (χ1v) is 6.72. The molecule has 6 heteroatoms. The number of carbonyl (C=O) groups excluding carboxylic acids is 2. The summed E-state index contributed by atoms with van der Waals surface area (Å²) in [7, 11) is 1.51. The van der Waals surface area contributed by atoms with Crippen molar-refractivity contribution < 1.29 is 23.5 Å². The first kappa shape index (κ1) is 15.6. The number of para-hydroxylation sites is 2. The topological polar surface area (TPSA) is 77.8 Å². The van der Waals surface area contributed by atoms with Crippen molar-refractivity contribution in [3.05, 3.63) is 47.9 Å². The Bertz CT molecular complexity index is 677. The van der Waals surface area contributed by atoms with Crippen molar-refractivity contribution in [2.24, 2.45) is 0 Å². The Morgan fingerprint density at radius 3 is 2.59 bits per heavy atom. The van der Waals surface area contributed by atoms with Gasteiger partial charge in [0.25, 0.3) is 5.91 Å². The number of amides is 1. The summed E-state index contributed by atoms with van der Waals surface area (Å²) >= 11 is 0. The summed E-state index contributed by atoms with van der Waals surface area (Å²) in [5, 5.41) is 2.66. The Morgan fingerprint density at radius 1 is 1.23 bits per heavy atom. The van der Waals surface area contributed by atoms with Gasteiger partial charge in [0.05, 0.1) is 19.1 Å². The molecule has 1 heterocycles. The van der Waals surface area contributed by atoms with Crippen LogP contribution in [-0.2, 0) is 9.53 Å². The van der Waals surface area contributed by atoms with E-state index in [1.54, 1.807) is 31.2 Å². The van der Waals surface area contributed by atoms with Crippen LogP contribution in [-0.4, -0.2) is 25.1 Å². The number of hydrogen-bond donors (Lipinski definition) is 1. The van der Waals surface area contributed by atoms with E-state index in [4.69, 9.17) is 13.9 Å². The molecular formula is C16H17NO5. The summed E-state index contributed by atoms with van der Waals surface area (Å²) in [6, 6.07) is 8.48. The minimum atomic E-state index is -0.952. The number of nitrogens with one attached hydrogen (secondary N) is 1. The number of esters is 1. The second-order valence-corrected chi connectivity index (χ2v) is 4.63. The Kier molecular flexibility index (Phi) is 4.83. The highest BCUT2D eigenvalue weighted by Gasteiger charge is 2.21. The molecule has 1 N–H and O–H groups in total. The maximum Gasteiger partial charge on any atom is 0.342 e. The van der Waals surface area contributed by atoms with Crippen LogP contribution in [0.15, 0.2) is 41.0 Å². The number of hydrogen-bond acceptors (Lipinski definition) is 5. The molecule has 0 saturated carbocycles. The van der Waals surface area contributed by atoms with E-state index in [1.165, 1.54) is 26.4 Å². The number of furan rings is 1. The predicted octanol–water partition coefficient (Wildman–Crippen LogP) is 2.78. The Labute approximate surface area is 128 Å². The second-order valence-electron chi connectivity index (χ2n) is 4.63. The van der Waals surface area contributed by atoms with E-state index in [2.05, 4.69) is 5.32 Å². The van der Waals surface area contributed by atoms with Crippen LogP contribution < -0.4 is 10.1 Å². The van der Waals surface area contributed by atoms with Gasteiger partial charge in [0.2, 0.25) is 0 Å². The lowest BCUT2D eigenvalue weighted by Gasteiger charge is -2.14. The summed E-state index contributed by atoms with van der Waals surface area (Å²) in [5.41, 5.74) is 0.814. The highest BCUT2D eigenvalue weighted by Crippen LogP contribution is 2.23. The van der Waals surface area contributed by atoms with Crippen molar-refractivity contribution >= 4 is 17.6 Å². The maximum absolute atomic E-state index is 12.1. The zero-order valence-electron chi connectivity index (χ0n) is 12.6. The summed E-state index contributed by atoms with van der Waals surface area (Å²) in [5.74, 6) is -0.0738. The molecule has 2 aromatic rings. The first-order chi connectivity index (χ1) is 10.5. The minimum absolute atomic E-state index is 0.303. The third-order valence-electron chi connectivity index (χ3n) is 3.10. The molecule has 0 fully saturated rings. The zero-order chi connectivity index (χ0) is 16.1. The zero-order valence-corrected chi connectivity index (χ0v) is 12.6. The van der Waals surface area contributed by atoms with Gasteiger partial charge in [-0.1, -0.05) is 12.1 Å². The van der Waals surface area contributed by atoms with Crippen LogP contribution in [0.1, 0.15) is 23.0 Å². The first-order valence-electron chi connectivity index (χ1n) is 6.72. The summed E-state index contributed by atoms with van der Waals surface area (Å²) in [6.45, 7) is 3.15. The Balaban J connectivity index is 2.01. The molecule has 1 atom stereocenters. The number of ether oxygens (including phenoxy) is 2. The molecule has 1 amide bonds. The number of anilines is 1. The molecule has 0 aliphatic heterocycles. The SMILES string of the molecule is COc1ccccc1NC(=O)[C@H](C)OC(=O)c1ccoc1C. The van der Waals surface area contributed by atoms with Gasteiger partial charge in [-0.25, -0.2) is 4.79 Å². The van der Waals surface area contributed by atoms with Gasteiger partial charge in [0, 0.05) is 0 Å². The number of aryl methyl sites for hydroxylation is 1. The van der Waals surface area contributed by atoms with E-state index in [0.717, 1.165) is 0 Å². The van der Waals surface area contributed by atoms with E-state index < -0.39 is 18.0 Å². The van der Waals surface area contributed by atoms with Crippen LogP contribution >= 0.6 is 0 Å². The molecule has 0 bridgehead atoms. The van der Waals surface area contributed by atoms with Crippen LogP contribution in [0.4, 0.5) is 5.69 Å². The van der Waals surface area contributed by atoms with E-state index in [9.17, 15) is 9.59 Å². The van der Waals surface area contributed by atoms with E-state index >= 15 is 0 Å². The van der Waals surface area contributed by atoms with Crippen molar-refractivity contribution in [3.63, 3.8) is 0 Å². The van der Waals surface area contributed by atoms with Crippen molar-refractivity contribution in [1.82, 2.24) is 0 Å². The standard InChI is InChI=1S/C16H17NO5/c1-10-12(8-9-21-10)16(19)22-11(2)15(18)17-13-6-4-5-7-14(13)20-3/h4-9,11H,1-3H3,(H,17,18)/t11-/m0/s1. The number of rotatable bonds is 5. The van der Waals surface area contributed by atoms with Gasteiger partial charge in [-0.2, -0.15) is 0 Å². The molecule has 0 aliphatic rings. The lowest BCUT2D eigenvalue weighted by Crippen LogP contribution is -2.30. The monoisotopic (exact) mass is 303 g/mol. The molecule has 0 unspecified atom stereocenters. The normalized spacial score (nSPS) is 11.6. The molecule has 22 heavy (non-hydrogen) atoms. The van der Waals surface area contributed by atoms with Gasteiger partial charge in [-0.05, 0) is 32.0 Å². The molecule has 0 saturated heterocycles. The molecule has 1 aromatic heterocycles. The van der Waals surface area contributed by atoms with Crippen LogP contribution in [0.25, 0.3) is 0 Å². The summed E-state index contributed by atoms with van der Waals surface area (Å²) < 4.78 is 15.3. The fraction of sp³-hybridized carbons (Fsp3) is 0.250. The molecular weight excluding hydrogens is 286 g/mol. The number of methoxy groups -OCH3 is 1. The van der Waals surface area contributed by atoms with Crippen LogP contribution in [0, 0.1) is 6.92 Å². The fourth-order valence-corrected chi connectivity index (χ4v) is 1.86. The molecule has 0 radical (unpaired) electrons. The largest absolute Gasteiger partial charge is 0.495 e. The third-order valence-corrected chi connectivity index (χ3v) is 3.10. The third kappa shape index (κ3) is 3.46. The fourth-order valence-electron chi connectivity index (χ4n) is 1.86. The summed E-state index contributed by atoms with van der Waals surface area (Å²) in [6.07, 6.45) is 0.442.